The van der Waals surface area contributed by atoms with Gasteiger partial charge in [-0.3, -0.25) is 4.68 Å². The van der Waals surface area contributed by atoms with Crippen LogP contribution in [-0.4, -0.2) is 21.4 Å². The molecule has 72 valence electrons. The Morgan fingerprint density at radius 2 is 2.15 bits per heavy atom. The smallest absolute Gasteiger partial charge is 0.129 e. The lowest BCUT2D eigenvalue weighted by Crippen LogP contribution is -2.18. The van der Waals surface area contributed by atoms with Crippen LogP contribution >= 0.6 is 0 Å². The summed E-state index contributed by atoms with van der Waals surface area (Å²) < 4.78 is 1.66. The zero-order valence-corrected chi connectivity index (χ0v) is 7.66. The maximum Gasteiger partial charge on any atom is 0.129 e. The second-order valence-corrected chi connectivity index (χ2v) is 3.47. The van der Waals surface area contributed by atoms with E-state index in [2.05, 4.69) is 4.98 Å². The first-order chi connectivity index (χ1) is 6.33. The molecular formula is C9H15N3O. The Morgan fingerprint density at radius 3 is 2.85 bits per heavy atom. The highest BCUT2D eigenvalue weighted by Crippen LogP contribution is 2.20. The number of imidazole rings is 1. The van der Waals surface area contributed by atoms with Crippen molar-refractivity contribution in [1.82, 2.24) is 9.66 Å². The Bertz CT molecular complexity index is 306. The van der Waals surface area contributed by atoms with Crippen molar-refractivity contribution in [2.24, 2.45) is 0 Å². The number of aliphatic hydroxyl groups excluding tert-OH is 1. The lowest BCUT2D eigenvalue weighted by molar-refractivity contribution is 0.295. The summed E-state index contributed by atoms with van der Waals surface area (Å²) >= 11 is 0. The predicted molar refractivity (Wildman–Crippen MR) is 49.8 cm³/mol. The molecule has 1 aliphatic carbocycles. The minimum atomic E-state index is 0.118. The maximum atomic E-state index is 8.80. The molecule has 0 atom stereocenters. The van der Waals surface area contributed by atoms with E-state index in [0.29, 0.717) is 6.42 Å². The van der Waals surface area contributed by atoms with Crippen LogP contribution in [0.2, 0.25) is 0 Å². The number of aryl methyl sites for hydroxylation is 1. The molecule has 13 heavy (non-hydrogen) atoms. The molecule has 1 aromatic rings. The van der Waals surface area contributed by atoms with Crippen LogP contribution in [-0.2, 0) is 19.3 Å². The number of fused-ring (bicyclic) bond motifs is 1. The Morgan fingerprint density at radius 1 is 1.38 bits per heavy atom. The number of hydrogen-bond acceptors (Lipinski definition) is 3. The van der Waals surface area contributed by atoms with Gasteiger partial charge in [0.1, 0.15) is 5.82 Å². The summed E-state index contributed by atoms with van der Waals surface area (Å²) in [5.41, 5.74) is 2.30. The van der Waals surface area contributed by atoms with Crippen molar-refractivity contribution in [3.8, 4) is 0 Å². The second-order valence-electron chi connectivity index (χ2n) is 3.47. The Balaban J connectivity index is 2.33. The van der Waals surface area contributed by atoms with Crippen LogP contribution in [0.4, 0.5) is 0 Å². The van der Waals surface area contributed by atoms with Crippen molar-refractivity contribution in [2.45, 2.75) is 32.1 Å². The topological polar surface area (TPSA) is 64.1 Å². The number of nitrogens with two attached hydrogens (primary N) is 1. The summed E-state index contributed by atoms with van der Waals surface area (Å²) in [5, 5.41) is 8.80. The molecule has 2 rings (SSSR count). The van der Waals surface area contributed by atoms with Crippen molar-refractivity contribution >= 4 is 0 Å². The molecule has 4 nitrogen and oxygen atoms in total. The highest BCUT2D eigenvalue weighted by atomic mass is 16.3. The van der Waals surface area contributed by atoms with E-state index in [1.807, 2.05) is 0 Å². The van der Waals surface area contributed by atoms with E-state index in [-0.39, 0.29) is 6.61 Å². The molecule has 1 heterocycles. The molecule has 0 radical (unpaired) electrons. The van der Waals surface area contributed by atoms with E-state index in [9.17, 15) is 0 Å². The van der Waals surface area contributed by atoms with Gasteiger partial charge in [-0.25, -0.2) is 4.98 Å². The van der Waals surface area contributed by atoms with Crippen LogP contribution in [0.5, 0.6) is 0 Å². The summed E-state index contributed by atoms with van der Waals surface area (Å²) in [4.78, 5) is 4.42. The molecule has 0 unspecified atom stereocenters. The third-order valence-corrected chi connectivity index (χ3v) is 2.58. The Hall–Kier alpha value is -1.03. The first kappa shape index (κ1) is 8.56. The fraction of sp³-hybridized carbons (Fsp3) is 0.667. The summed E-state index contributed by atoms with van der Waals surface area (Å²) in [6.07, 6.45) is 5.04. The first-order valence-corrected chi connectivity index (χ1v) is 4.78. The average molecular weight is 181 g/mol. The lowest BCUT2D eigenvalue weighted by atomic mass is 10.0. The normalized spacial score (nSPS) is 15.8. The van der Waals surface area contributed by atoms with E-state index >= 15 is 0 Å². The molecule has 0 saturated carbocycles. The molecule has 0 aromatic carbocycles. The SMILES string of the molecule is Nn1c(CCO)nc2c1CCCC2. The average Bonchev–Trinajstić information content (AvgIpc) is 2.46. The van der Waals surface area contributed by atoms with E-state index in [0.717, 1.165) is 30.1 Å². The minimum Gasteiger partial charge on any atom is -0.396 e. The number of rotatable bonds is 2. The molecule has 0 aliphatic heterocycles. The van der Waals surface area contributed by atoms with Gasteiger partial charge in [0.05, 0.1) is 18.0 Å². The maximum absolute atomic E-state index is 8.80. The largest absolute Gasteiger partial charge is 0.396 e. The predicted octanol–water partition coefficient (Wildman–Crippen LogP) is 0.0105. The van der Waals surface area contributed by atoms with Crippen LogP contribution < -0.4 is 5.84 Å². The summed E-state index contributed by atoms with van der Waals surface area (Å²) in [6, 6.07) is 0. The van der Waals surface area contributed by atoms with Crippen LogP contribution in [0.3, 0.4) is 0 Å². The van der Waals surface area contributed by atoms with Gasteiger partial charge in [-0.1, -0.05) is 0 Å². The van der Waals surface area contributed by atoms with Gasteiger partial charge in [0.15, 0.2) is 0 Å². The molecular weight excluding hydrogens is 166 g/mol. The summed E-state index contributed by atoms with van der Waals surface area (Å²) in [7, 11) is 0. The van der Waals surface area contributed by atoms with Crippen molar-refractivity contribution in [3.05, 3.63) is 17.2 Å². The minimum absolute atomic E-state index is 0.118. The highest BCUT2D eigenvalue weighted by molar-refractivity contribution is 5.20. The van der Waals surface area contributed by atoms with Crippen LogP contribution in [0, 0.1) is 0 Å². The standard InChI is InChI=1S/C9H15N3O/c10-12-8-4-2-1-3-7(8)11-9(12)5-6-13/h13H,1-6,10H2. The molecule has 4 heteroatoms. The molecule has 1 aliphatic rings. The fourth-order valence-electron chi connectivity index (χ4n) is 1.90. The number of aliphatic hydroxyl groups is 1. The van der Waals surface area contributed by atoms with Crippen LogP contribution in [0.25, 0.3) is 0 Å². The molecule has 1 aromatic heterocycles. The van der Waals surface area contributed by atoms with Crippen molar-refractivity contribution in [1.29, 1.82) is 0 Å². The monoisotopic (exact) mass is 181 g/mol. The second kappa shape index (κ2) is 3.38. The van der Waals surface area contributed by atoms with E-state index in [1.165, 1.54) is 12.8 Å². The third-order valence-electron chi connectivity index (χ3n) is 2.58. The lowest BCUT2D eigenvalue weighted by Gasteiger charge is -2.10. The summed E-state index contributed by atoms with van der Waals surface area (Å²) in [6.45, 7) is 0.118. The quantitative estimate of drug-likeness (QED) is 0.632. The van der Waals surface area contributed by atoms with Crippen molar-refractivity contribution < 1.29 is 5.11 Å². The van der Waals surface area contributed by atoms with Crippen LogP contribution in [0.1, 0.15) is 30.1 Å². The zero-order chi connectivity index (χ0) is 9.26. The van der Waals surface area contributed by atoms with E-state index in [4.69, 9.17) is 10.9 Å². The van der Waals surface area contributed by atoms with Gasteiger partial charge in [0.2, 0.25) is 0 Å². The molecule has 0 saturated heterocycles. The zero-order valence-electron chi connectivity index (χ0n) is 7.66. The van der Waals surface area contributed by atoms with Crippen LogP contribution in [0.15, 0.2) is 0 Å². The molecule has 0 bridgehead atoms. The van der Waals surface area contributed by atoms with Gasteiger partial charge in [0.25, 0.3) is 0 Å². The van der Waals surface area contributed by atoms with E-state index in [1.54, 1.807) is 4.68 Å². The molecule has 0 amide bonds. The summed E-state index contributed by atoms with van der Waals surface area (Å²) in [5.74, 6) is 6.67. The van der Waals surface area contributed by atoms with Gasteiger partial charge in [-0.2, -0.15) is 0 Å². The number of aromatic nitrogens is 2. The van der Waals surface area contributed by atoms with Gasteiger partial charge in [-0.05, 0) is 25.7 Å². The Kier molecular flexibility index (Phi) is 2.22. The van der Waals surface area contributed by atoms with Gasteiger partial charge >= 0.3 is 0 Å². The first-order valence-electron chi connectivity index (χ1n) is 4.78. The number of nitrogen functional groups attached to an aromatic ring is 1. The highest BCUT2D eigenvalue weighted by Gasteiger charge is 2.17. The van der Waals surface area contributed by atoms with Gasteiger partial charge in [0, 0.05) is 6.42 Å². The van der Waals surface area contributed by atoms with Gasteiger partial charge in [-0.15, -0.1) is 0 Å². The third kappa shape index (κ3) is 1.42. The van der Waals surface area contributed by atoms with E-state index < -0.39 is 0 Å². The number of nitrogens with zero attached hydrogens (tertiary/aromatic N) is 2. The van der Waals surface area contributed by atoms with Crippen molar-refractivity contribution in [3.63, 3.8) is 0 Å². The molecule has 0 fully saturated rings. The number of hydrogen-bond donors (Lipinski definition) is 2. The van der Waals surface area contributed by atoms with Crippen molar-refractivity contribution in [2.75, 3.05) is 12.4 Å². The fourth-order valence-corrected chi connectivity index (χ4v) is 1.90. The Labute approximate surface area is 77.4 Å². The molecule has 3 N–H and O–H groups in total. The van der Waals surface area contributed by atoms with Gasteiger partial charge < -0.3 is 10.9 Å². The molecule has 0 spiro atoms.